The molecule has 0 bridgehead atoms. The van der Waals surface area contributed by atoms with Crippen LogP contribution in [-0.2, 0) is 19.9 Å². The summed E-state index contributed by atoms with van der Waals surface area (Å²) in [4.78, 5) is 12.6. The highest BCUT2D eigenvalue weighted by atomic mass is 19.4. The molecule has 1 heterocycles. The lowest BCUT2D eigenvalue weighted by Crippen LogP contribution is -2.18. The van der Waals surface area contributed by atoms with Crippen LogP contribution in [0, 0.1) is 0 Å². The lowest BCUT2D eigenvalue weighted by Gasteiger charge is -2.18. The molecule has 140 valence electrons. The number of amides is 1. The molecular formula is C19H15F4N3O. The van der Waals surface area contributed by atoms with Crippen molar-refractivity contribution >= 4 is 11.6 Å². The van der Waals surface area contributed by atoms with E-state index in [0.717, 1.165) is 6.07 Å². The maximum Gasteiger partial charge on any atom is 0.418 e. The van der Waals surface area contributed by atoms with Crippen molar-refractivity contribution in [1.82, 2.24) is 9.78 Å². The highest BCUT2D eigenvalue weighted by Gasteiger charge is 2.35. The predicted octanol–water partition coefficient (Wildman–Crippen LogP) is 4.83. The summed E-state index contributed by atoms with van der Waals surface area (Å²) in [6.07, 6.45) is -3.41. The molecule has 0 spiro atoms. The third kappa shape index (κ3) is 3.84. The van der Waals surface area contributed by atoms with E-state index in [9.17, 15) is 22.4 Å². The van der Waals surface area contributed by atoms with Gasteiger partial charge in [0.15, 0.2) is 0 Å². The molecular weight excluding hydrogens is 362 g/mol. The number of hydrogen-bond donors (Lipinski definition) is 1. The van der Waals surface area contributed by atoms with Gasteiger partial charge in [-0.25, -0.2) is 4.39 Å². The van der Waals surface area contributed by atoms with Crippen molar-refractivity contribution in [2.24, 2.45) is 7.05 Å². The fourth-order valence-electron chi connectivity index (χ4n) is 2.79. The quantitative estimate of drug-likeness (QED) is 0.662. The van der Waals surface area contributed by atoms with Crippen LogP contribution in [0.15, 0.2) is 54.7 Å². The monoisotopic (exact) mass is 377 g/mol. The summed E-state index contributed by atoms with van der Waals surface area (Å²) in [6, 6.07) is 12.0. The van der Waals surface area contributed by atoms with E-state index in [2.05, 4.69) is 10.4 Å². The third-order valence-electron chi connectivity index (χ3n) is 3.97. The molecule has 3 aromatic rings. The van der Waals surface area contributed by atoms with E-state index in [0.29, 0.717) is 5.56 Å². The first-order valence-electron chi connectivity index (χ1n) is 7.96. The summed E-state index contributed by atoms with van der Waals surface area (Å²) < 4.78 is 54.9. The number of benzene rings is 2. The molecule has 1 amide bonds. The number of nitrogens with zero attached hydrogens (tertiary/aromatic N) is 2. The average molecular weight is 377 g/mol. The second kappa shape index (κ2) is 7.22. The van der Waals surface area contributed by atoms with E-state index in [1.165, 1.54) is 30.1 Å². The minimum absolute atomic E-state index is 0.115. The summed E-state index contributed by atoms with van der Waals surface area (Å²) in [5.74, 6) is -0.857. The molecule has 2 aromatic carbocycles. The zero-order valence-corrected chi connectivity index (χ0v) is 14.2. The minimum Gasteiger partial charge on any atom is -0.321 e. The molecule has 0 unspecified atom stereocenters. The molecule has 27 heavy (non-hydrogen) atoms. The lowest BCUT2D eigenvalue weighted by molar-refractivity contribution is -0.136. The van der Waals surface area contributed by atoms with E-state index in [4.69, 9.17) is 0 Å². The van der Waals surface area contributed by atoms with Crippen molar-refractivity contribution in [2.75, 3.05) is 5.32 Å². The topological polar surface area (TPSA) is 46.9 Å². The zero-order valence-electron chi connectivity index (χ0n) is 14.2. The van der Waals surface area contributed by atoms with E-state index in [1.54, 1.807) is 30.3 Å². The van der Waals surface area contributed by atoms with Crippen LogP contribution < -0.4 is 5.32 Å². The first-order chi connectivity index (χ1) is 12.8. The van der Waals surface area contributed by atoms with Crippen LogP contribution >= 0.6 is 0 Å². The van der Waals surface area contributed by atoms with Crippen LogP contribution in [0.25, 0.3) is 11.1 Å². The number of hydrogen-bond acceptors (Lipinski definition) is 2. The van der Waals surface area contributed by atoms with Gasteiger partial charge in [-0.1, -0.05) is 42.5 Å². The predicted molar refractivity (Wildman–Crippen MR) is 92.9 cm³/mol. The summed E-state index contributed by atoms with van der Waals surface area (Å²) in [5.41, 5.74) is -0.894. The van der Waals surface area contributed by atoms with Crippen LogP contribution in [-0.4, -0.2) is 15.7 Å². The lowest BCUT2D eigenvalue weighted by atomic mass is 9.99. The van der Waals surface area contributed by atoms with E-state index in [-0.39, 0.29) is 22.5 Å². The Labute approximate surface area is 152 Å². The van der Waals surface area contributed by atoms with Crippen LogP contribution in [0.4, 0.5) is 23.2 Å². The number of carbonyl (C=O) groups is 1. The van der Waals surface area contributed by atoms with Gasteiger partial charge in [-0.3, -0.25) is 9.48 Å². The maximum absolute atomic E-state index is 13.5. The number of alkyl halides is 4. The van der Waals surface area contributed by atoms with Gasteiger partial charge in [0, 0.05) is 18.8 Å². The van der Waals surface area contributed by atoms with Gasteiger partial charge in [0.25, 0.3) is 5.91 Å². The molecule has 4 nitrogen and oxygen atoms in total. The maximum atomic E-state index is 13.5. The Morgan fingerprint density at radius 3 is 2.44 bits per heavy atom. The zero-order chi connectivity index (χ0) is 19.6. The van der Waals surface area contributed by atoms with Crippen LogP contribution in [0.5, 0.6) is 0 Å². The second-order valence-corrected chi connectivity index (χ2v) is 5.84. The molecule has 0 saturated carbocycles. The van der Waals surface area contributed by atoms with Crippen molar-refractivity contribution < 1.29 is 22.4 Å². The summed E-state index contributed by atoms with van der Waals surface area (Å²) in [6.45, 7) is -1.00. The molecule has 0 saturated heterocycles. The summed E-state index contributed by atoms with van der Waals surface area (Å²) >= 11 is 0. The largest absolute Gasteiger partial charge is 0.418 e. The van der Waals surface area contributed by atoms with Crippen molar-refractivity contribution in [2.45, 2.75) is 12.9 Å². The Morgan fingerprint density at radius 1 is 1.11 bits per heavy atom. The fourth-order valence-corrected chi connectivity index (χ4v) is 2.79. The Balaban J connectivity index is 2.11. The van der Waals surface area contributed by atoms with Crippen LogP contribution in [0.1, 0.15) is 21.6 Å². The normalized spacial score (nSPS) is 11.4. The molecule has 0 aliphatic carbocycles. The fraction of sp³-hybridized carbons (Fsp3) is 0.158. The number of aromatic nitrogens is 2. The molecule has 0 atom stereocenters. The SMILES string of the molecule is Cn1cc(C(=O)Nc2c(-c3ccccc3)cccc2C(F)(F)F)c(CF)n1. The van der Waals surface area contributed by atoms with Gasteiger partial charge in [0.2, 0.25) is 0 Å². The second-order valence-electron chi connectivity index (χ2n) is 5.84. The van der Waals surface area contributed by atoms with Gasteiger partial charge in [-0.2, -0.15) is 18.3 Å². The van der Waals surface area contributed by atoms with Crippen molar-refractivity contribution in [3.63, 3.8) is 0 Å². The van der Waals surface area contributed by atoms with Crippen LogP contribution in [0.3, 0.4) is 0 Å². The molecule has 0 aliphatic rings. The standard InChI is InChI=1S/C19H15F4N3O/c1-26-11-14(16(10-20)25-26)18(27)24-17-13(12-6-3-2-4-7-12)8-5-9-15(17)19(21,22)23/h2-9,11H,10H2,1H3,(H,24,27). The third-order valence-corrected chi connectivity index (χ3v) is 3.97. The Kier molecular flexibility index (Phi) is 4.98. The Morgan fingerprint density at radius 2 is 1.81 bits per heavy atom. The first-order valence-corrected chi connectivity index (χ1v) is 7.96. The molecule has 0 fully saturated rings. The molecule has 0 aliphatic heterocycles. The van der Waals surface area contributed by atoms with Gasteiger partial charge in [-0.05, 0) is 11.6 Å². The number of carbonyl (C=O) groups excluding carboxylic acids is 1. The van der Waals surface area contributed by atoms with Gasteiger partial charge < -0.3 is 5.32 Å². The summed E-state index contributed by atoms with van der Waals surface area (Å²) in [7, 11) is 1.50. The van der Waals surface area contributed by atoms with Gasteiger partial charge in [0.1, 0.15) is 12.4 Å². The smallest absolute Gasteiger partial charge is 0.321 e. The van der Waals surface area contributed by atoms with Crippen LogP contribution in [0.2, 0.25) is 0 Å². The average Bonchev–Trinajstić information content (AvgIpc) is 3.02. The molecule has 3 rings (SSSR count). The Bertz CT molecular complexity index is 965. The minimum atomic E-state index is -4.68. The van der Waals surface area contributed by atoms with E-state index in [1.807, 2.05) is 0 Å². The number of para-hydroxylation sites is 1. The molecule has 1 N–H and O–H groups in total. The summed E-state index contributed by atoms with van der Waals surface area (Å²) in [5, 5.41) is 6.11. The number of aryl methyl sites for hydroxylation is 1. The van der Waals surface area contributed by atoms with E-state index >= 15 is 0 Å². The highest BCUT2D eigenvalue weighted by molar-refractivity contribution is 6.07. The van der Waals surface area contributed by atoms with Gasteiger partial charge in [0.05, 0.1) is 16.8 Å². The molecule has 1 aromatic heterocycles. The van der Waals surface area contributed by atoms with E-state index < -0.39 is 24.3 Å². The van der Waals surface area contributed by atoms with Crippen molar-refractivity contribution in [1.29, 1.82) is 0 Å². The molecule has 0 radical (unpaired) electrons. The number of nitrogens with one attached hydrogen (secondary N) is 1. The molecule has 8 heteroatoms. The highest BCUT2D eigenvalue weighted by Crippen LogP contribution is 2.40. The van der Waals surface area contributed by atoms with Crippen molar-refractivity contribution in [3.05, 3.63) is 71.5 Å². The van der Waals surface area contributed by atoms with Crippen molar-refractivity contribution in [3.8, 4) is 11.1 Å². The van der Waals surface area contributed by atoms with Gasteiger partial charge in [-0.15, -0.1) is 0 Å². The Hall–Kier alpha value is -3.16. The van der Waals surface area contributed by atoms with Gasteiger partial charge >= 0.3 is 6.18 Å². The number of halogens is 4. The first kappa shape index (κ1) is 18.6. The number of anilines is 1. The number of rotatable bonds is 4.